The van der Waals surface area contributed by atoms with Crippen LogP contribution in [0.2, 0.25) is 5.02 Å². The number of benzene rings is 1. The summed E-state index contributed by atoms with van der Waals surface area (Å²) in [6, 6.07) is 7.59. The molecule has 1 aromatic heterocycles. The van der Waals surface area contributed by atoms with E-state index in [9.17, 15) is 4.79 Å². The first-order chi connectivity index (χ1) is 10.7. The van der Waals surface area contributed by atoms with E-state index >= 15 is 0 Å². The van der Waals surface area contributed by atoms with Crippen LogP contribution in [0.5, 0.6) is 0 Å². The van der Waals surface area contributed by atoms with Gasteiger partial charge in [0.15, 0.2) is 0 Å². The van der Waals surface area contributed by atoms with Gasteiger partial charge in [-0.2, -0.15) is 0 Å². The number of aromatic nitrogens is 2. The molecule has 5 nitrogen and oxygen atoms in total. The van der Waals surface area contributed by atoms with Crippen molar-refractivity contribution in [1.82, 2.24) is 15.3 Å². The third-order valence-electron chi connectivity index (χ3n) is 3.03. The van der Waals surface area contributed by atoms with Crippen LogP contribution >= 0.6 is 11.6 Å². The summed E-state index contributed by atoms with van der Waals surface area (Å²) in [5.41, 5.74) is 1.39. The molecule has 0 unspecified atom stereocenters. The summed E-state index contributed by atoms with van der Waals surface area (Å²) in [5.74, 6) is 0.453. The molecule has 0 saturated heterocycles. The van der Waals surface area contributed by atoms with E-state index in [0.717, 1.165) is 24.9 Å². The highest BCUT2D eigenvalue weighted by Crippen LogP contribution is 2.10. The molecule has 0 fully saturated rings. The molecule has 0 atom stereocenters. The lowest BCUT2D eigenvalue weighted by Gasteiger charge is -2.06. The predicted molar refractivity (Wildman–Crippen MR) is 88.3 cm³/mol. The van der Waals surface area contributed by atoms with E-state index in [2.05, 4.69) is 27.5 Å². The molecule has 1 amide bonds. The highest BCUT2D eigenvalue weighted by atomic mass is 35.5. The molecule has 22 heavy (non-hydrogen) atoms. The zero-order valence-corrected chi connectivity index (χ0v) is 13.2. The predicted octanol–water partition coefficient (Wildman–Crippen LogP) is 2.92. The number of nitrogens with one attached hydrogen (secondary N) is 2. The number of amides is 1. The Kier molecular flexibility index (Phi) is 6.15. The van der Waals surface area contributed by atoms with Crippen LogP contribution in [-0.2, 0) is 6.42 Å². The fourth-order valence-electron chi connectivity index (χ4n) is 1.89. The third-order valence-corrected chi connectivity index (χ3v) is 3.26. The largest absolute Gasteiger partial charge is 0.369 e. The number of nitrogens with zero attached hydrogens (tertiary/aromatic N) is 2. The van der Waals surface area contributed by atoms with E-state index in [1.165, 1.54) is 6.20 Å². The van der Waals surface area contributed by atoms with E-state index in [1.54, 1.807) is 6.20 Å². The van der Waals surface area contributed by atoms with Gasteiger partial charge in [0.1, 0.15) is 11.5 Å². The molecule has 2 N–H and O–H groups in total. The Hall–Kier alpha value is -2.14. The molecule has 116 valence electrons. The van der Waals surface area contributed by atoms with Crippen molar-refractivity contribution in [2.75, 3.05) is 18.4 Å². The molecule has 6 heteroatoms. The Morgan fingerprint density at radius 1 is 1.23 bits per heavy atom. The molecule has 1 aromatic carbocycles. The number of anilines is 1. The smallest absolute Gasteiger partial charge is 0.271 e. The first kappa shape index (κ1) is 16.2. The molecule has 2 aromatic rings. The molecule has 2 rings (SSSR count). The highest BCUT2D eigenvalue weighted by Gasteiger charge is 2.07. The Balaban J connectivity index is 1.81. The van der Waals surface area contributed by atoms with E-state index in [4.69, 9.17) is 11.6 Å². The summed E-state index contributed by atoms with van der Waals surface area (Å²) >= 11 is 5.92. The minimum absolute atomic E-state index is 0.225. The first-order valence-electron chi connectivity index (χ1n) is 7.27. The fourth-order valence-corrected chi connectivity index (χ4v) is 2.11. The Morgan fingerprint density at radius 2 is 2.09 bits per heavy atom. The normalized spacial score (nSPS) is 10.3. The van der Waals surface area contributed by atoms with Crippen LogP contribution in [0, 0.1) is 0 Å². The molecule has 0 aliphatic heterocycles. The summed E-state index contributed by atoms with van der Waals surface area (Å²) in [5, 5.41) is 6.64. The third kappa shape index (κ3) is 5.00. The fraction of sp³-hybridized carbons (Fsp3) is 0.312. The Bertz CT molecular complexity index is 616. The van der Waals surface area contributed by atoms with E-state index < -0.39 is 0 Å². The van der Waals surface area contributed by atoms with Gasteiger partial charge in [-0.25, -0.2) is 9.97 Å². The number of carbonyl (C=O) groups is 1. The number of hydrogen-bond donors (Lipinski definition) is 2. The van der Waals surface area contributed by atoms with Crippen LogP contribution < -0.4 is 10.6 Å². The average Bonchev–Trinajstić information content (AvgIpc) is 2.53. The first-order valence-corrected chi connectivity index (χ1v) is 7.65. The molecule has 0 saturated carbocycles. The summed E-state index contributed by atoms with van der Waals surface area (Å²) in [7, 11) is 0. The Labute approximate surface area is 135 Å². The quantitative estimate of drug-likeness (QED) is 0.823. The molecule has 0 aliphatic rings. The average molecular weight is 319 g/mol. The number of carbonyl (C=O) groups excluding carboxylic acids is 1. The number of rotatable bonds is 7. The second-order valence-corrected chi connectivity index (χ2v) is 5.29. The van der Waals surface area contributed by atoms with Crippen molar-refractivity contribution in [2.24, 2.45) is 0 Å². The van der Waals surface area contributed by atoms with Crippen molar-refractivity contribution < 1.29 is 4.79 Å². The second kappa shape index (κ2) is 8.34. The zero-order valence-electron chi connectivity index (χ0n) is 12.5. The molecule has 0 radical (unpaired) electrons. The molecular formula is C16H19ClN4O. The highest BCUT2D eigenvalue weighted by molar-refractivity contribution is 6.30. The maximum atomic E-state index is 12.0. The standard InChI is InChI=1S/C16H19ClN4O/c1-2-7-18-15-11-20-14(10-21-15)16(22)19-8-6-12-4-3-5-13(17)9-12/h3-5,9-11H,2,6-8H2,1H3,(H,18,21)(H,19,22). The van der Waals surface area contributed by atoms with Crippen molar-refractivity contribution in [3.8, 4) is 0 Å². The molecule has 0 bridgehead atoms. The van der Waals surface area contributed by atoms with Gasteiger partial charge in [0.25, 0.3) is 5.91 Å². The van der Waals surface area contributed by atoms with Crippen LogP contribution in [0.3, 0.4) is 0 Å². The van der Waals surface area contributed by atoms with Gasteiger partial charge in [-0.05, 0) is 30.5 Å². The Morgan fingerprint density at radius 3 is 2.77 bits per heavy atom. The van der Waals surface area contributed by atoms with E-state index in [0.29, 0.717) is 23.1 Å². The summed E-state index contributed by atoms with van der Waals surface area (Å²) in [6.07, 6.45) is 4.78. The van der Waals surface area contributed by atoms with Crippen molar-refractivity contribution in [3.63, 3.8) is 0 Å². The van der Waals surface area contributed by atoms with Crippen molar-refractivity contribution >= 4 is 23.3 Å². The van der Waals surface area contributed by atoms with Crippen LogP contribution in [-0.4, -0.2) is 29.0 Å². The van der Waals surface area contributed by atoms with Gasteiger partial charge in [-0.3, -0.25) is 4.79 Å². The molecular weight excluding hydrogens is 300 g/mol. The summed E-state index contributed by atoms with van der Waals surface area (Å²) in [6.45, 7) is 3.43. The minimum atomic E-state index is -0.225. The maximum absolute atomic E-state index is 12.0. The van der Waals surface area contributed by atoms with Gasteiger partial charge in [0, 0.05) is 18.1 Å². The van der Waals surface area contributed by atoms with Crippen molar-refractivity contribution in [2.45, 2.75) is 19.8 Å². The number of hydrogen-bond acceptors (Lipinski definition) is 4. The lowest BCUT2D eigenvalue weighted by molar-refractivity contribution is 0.0949. The van der Waals surface area contributed by atoms with Crippen LogP contribution in [0.4, 0.5) is 5.82 Å². The number of halogens is 1. The van der Waals surface area contributed by atoms with Crippen LogP contribution in [0.1, 0.15) is 29.4 Å². The lowest BCUT2D eigenvalue weighted by Crippen LogP contribution is -2.26. The maximum Gasteiger partial charge on any atom is 0.271 e. The SMILES string of the molecule is CCCNc1cnc(C(=O)NCCc2cccc(Cl)c2)cn1. The summed E-state index contributed by atoms with van der Waals surface area (Å²) < 4.78 is 0. The van der Waals surface area contributed by atoms with Gasteiger partial charge in [-0.1, -0.05) is 30.7 Å². The van der Waals surface area contributed by atoms with E-state index in [1.807, 2.05) is 24.3 Å². The minimum Gasteiger partial charge on any atom is -0.369 e. The van der Waals surface area contributed by atoms with E-state index in [-0.39, 0.29) is 5.91 Å². The molecule has 0 spiro atoms. The summed E-state index contributed by atoms with van der Waals surface area (Å²) in [4.78, 5) is 20.2. The van der Waals surface area contributed by atoms with Gasteiger partial charge < -0.3 is 10.6 Å². The van der Waals surface area contributed by atoms with Gasteiger partial charge >= 0.3 is 0 Å². The van der Waals surface area contributed by atoms with Crippen LogP contribution in [0.25, 0.3) is 0 Å². The van der Waals surface area contributed by atoms with Gasteiger partial charge in [0.2, 0.25) is 0 Å². The molecule has 1 heterocycles. The van der Waals surface area contributed by atoms with Crippen molar-refractivity contribution in [3.05, 3.63) is 52.9 Å². The van der Waals surface area contributed by atoms with Crippen molar-refractivity contribution in [1.29, 1.82) is 0 Å². The monoisotopic (exact) mass is 318 g/mol. The van der Waals surface area contributed by atoms with Gasteiger partial charge in [-0.15, -0.1) is 0 Å². The lowest BCUT2D eigenvalue weighted by atomic mass is 10.1. The van der Waals surface area contributed by atoms with Gasteiger partial charge in [0.05, 0.1) is 12.4 Å². The topological polar surface area (TPSA) is 66.9 Å². The zero-order chi connectivity index (χ0) is 15.8. The van der Waals surface area contributed by atoms with Crippen LogP contribution in [0.15, 0.2) is 36.7 Å². The second-order valence-electron chi connectivity index (χ2n) is 4.85. The molecule has 0 aliphatic carbocycles.